The number of benzene rings is 2. The maximum Gasteiger partial charge on any atom is 1.00 e. The number of nitrogens with zero attached hydrogens (tertiary/aromatic N) is 3. The summed E-state index contributed by atoms with van der Waals surface area (Å²) in [6.45, 7) is 3.90. The molecule has 0 aromatic heterocycles. The van der Waals surface area contributed by atoms with Gasteiger partial charge in [0.15, 0.2) is 5.84 Å². The van der Waals surface area contributed by atoms with Crippen molar-refractivity contribution in [3.05, 3.63) is 54.1 Å². The Morgan fingerprint density at radius 2 is 1.49 bits per heavy atom. The fraction of sp³-hybridized carbons (Fsp3) is 0.500. The van der Waals surface area contributed by atoms with Gasteiger partial charge >= 0.3 is 29.6 Å². The smallest absolute Gasteiger partial charge is 0.744 e. The summed E-state index contributed by atoms with van der Waals surface area (Å²) >= 11 is 0. The molecular formula is C26H37N4NaO3S. The SMILES string of the molecule is CCCCCCCCCCCCc1ccc(N/N=C(\C)N=Nc2ccccc2)cc1S(=O)(=O)[O-].[Na+]. The van der Waals surface area contributed by atoms with Crippen LogP contribution < -0.4 is 35.0 Å². The first-order chi connectivity index (χ1) is 16.4. The first-order valence-corrected chi connectivity index (χ1v) is 13.7. The minimum Gasteiger partial charge on any atom is -0.744 e. The molecule has 0 aliphatic carbocycles. The van der Waals surface area contributed by atoms with Gasteiger partial charge in [-0.15, -0.1) is 10.2 Å². The minimum atomic E-state index is -4.58. The molecule has 0 amide bonds. The fourth-order valence-corrected chi connectivity index (χ4v) is 4.42. The molecule has 35 heavy (non-hydrogen) atoms. The summed E-state index contributed by atoms with van der Waals surface area (Å²) < 4.78 is 35.5. The number of amidine groups is 1. The zero-order chi connectivity index (χ0) is 24.7. The van der Waals surface area contributed by atoms with Crippen molar-refractivity contribution in [3.8, 4) is 0 Å². The minimum absolute atomic E-state index is 0. The molecule has 0 atom stereocenters. The van der Waals surface area contributed by atoms with E-state index in [1.54, 1.807) is 19.1 Å². The number of azo groups is 1. The maximum atomic E-state index is 11.8. The molecule has 0 saturated carbocycles. The van der Waals surface area contributed by atoms with Gasteiger partial charge < -0.3 is 4.55 Å². The van der Waals surface area contributed by atoms with Crippen molar-refractivity contribution >= 4 is 27.3 Å². The molecule has 0 heterocycles. The Labute approximate surface area is 233 Å². The third-order valence-electron chi connectivity index (χ3n) is 5.55. The Kier molecular flexibility index (Phi) is 16.0. The molecule has 2 rings (SSSR count). The van der Waals surface area contributed by atoms with E-state index in [1.807, 2.05) is 30.3 Å². The van der Waals surface area contributed by atoms with E-state index < -0.39 is 10.1 Å². The van der Waals surface area contributed by atoms with Crippen molar-refractivity contribution in [1.82, 2.24) is 0 Å². The van der Waals surface area contributed by atoms with Crippen LogP contribution in [0.15, 0.2) is 68.8 Å². The van der Waals surface area contributed by atoms with Crippen LogP contribution in [-0.2, 0) is 16.5 Å². The van der Waals surface area contributed by atoms with Gasteiger partial charge in [-0.2, -0.15) is 5.10 Å². The number of unbranched alkanes of at least 4 members (excludes halogenated alkanes) is 9. The number of hydrazone groups is 1. The summed E-state index contributed by atoms with van der Waals surface area (Å²) in [4.78, 5) is -0.188. The summed E-state index contributed by atoms with van der Waals surface area (Å²) in [6.07, 6.45) is 12.6. The van der Waals surface area contributed by atoms with Crippen molar-refractivity contribution in [2.75, 3.05) is 5.43 Å². The van der Waals surface area contributed by atoms with Crippen molar-refractivity contribution in [2.24, 2.45) is 15.3 Å². The van der Waals surface area contributed by atoms with Gasteiger partial charge in [-0.05, 0) is 49.6 Å². The van der Waals surface area contributed by atoms with Gasteiger partial charge in [0, 0.05) is 0 Å². The van der Waals surface area contributed by atoms with Crippen LogP contribution in [0, 0.1) is 0 Å². The Morgan fingerprint density at radius 1 is 0.886 bits per heavy atom. The normalized spacial score (nSPS) is 12.0. The van der Waals surface area contributed by atoms with Crippen LogP contribution in [0.2, 0.25) is 0 Å². The average Bonchev–Trinajstić information content (AvgIpc) is 2.83. The van der Waals surface area contributed by atoms with Gasteiger partial charge in [0.05, 0.1) is 16.3 Å². The number of hydrogen-bond donors (Lipinski definition) is 1. The summed E-state index contributed by atoms with van der Waals surface area (Å²) in [5.74, 6) is 0.366. The predicted octanol–water partition coefficient (Wildman–Crippen LogP) is 4.59. The van der Waals surface area contributed by atoms with Gasteiger partial charge in [-0.3, -0.25) is 5.43 Å². The van der Waals surface area contributed by atoms with Crippen LogP contribution >= 0.6 is 0 Å². The third kappa shape index (κ3) is 13.3. The van der Waals surface area contributed by atoms with Gasteiger partial charge in [0.1, 0.15) is 10.1 Å². The Balaban J connectivity index is 0.00000612. The number of nitrogens with one attached hydrogen (secondary N) is 1. The molecule has 2 aromatic carbocycles. The summed E-state index contributed by atoms with van der Waals surface area (Å²) in [6, 6.07) is 14.0. The number of anilines is 1. The second-order valence-electron chi connectivity index (χ2n) is 8.51. The van der Waals surface area contributed by atoms with Crippen molar-refractivity contribution in [2.45, 2.75) is 89.4 Å². The molecule has 0 saturated heterocycles. The van der Waals surface area contributed by atoms with Crippen LogP contribution in [0.4, 0.5) is 11.4 Å². The zero-order valence-electron chi connectivity index (χ0n) is 21.4. The van der Waals surface area contributed by atoms with Gasteiger partial charge in [-0.1, -0.05) is 89.0 Å². The van der Waals surface area contributed by atoms with E-state index in [2.05, 4.69) is 27.7 Å². The Morgan fingerprint density at radius 3 is 2.09 bits per heavy atom. The first kappa shape index (κ1) is 31.4. The molecular weight excluding hydrogens is 471 g/mol. The Bertz CT molecular complexity index is 1030. The second kappa shape index (κ2) is 17.8. The molecule has 186 valence electrons. The Hall–Kier alpha value is -1.58. The number of rotatable bonds is 15. The van der Waals surface area contributed by atoms with Crippen LogP contribution in [0.3, 0.4) is 0 Å². The van der Waals surface area contributed by atoms with E-state index in [0.717, 1.165) is 19.3 Å². The maximum absolute atomic E-state index is 11.8. The van der Waals surface area contributed by atoms with Gasteiger partial charge in [0.25, 0.3) is 0 Å². The fourth-order valence-electron chi connectivity index (χ4n) is 3.66. The molecule has 9 heteroatoms. The van der Waals surface area contributed by atoms with E-state index in [1.165, 1.54) is 51.0 Å². The topological polar surface area (TPSA) is 106 Å². The molecule has 0 spiro atoms. The van der Waals surface area contributed by atoms with E-state index in [9.17, 15) is 13.0 Å². The van der Waals surface area contributed by atoms with Crippen molar-refractivity contribution in [3.63, 3.8) is 0 Å². The summed E-state index contributed by atoms with van der Waals surface area (Å²) in [5, 5.41) is 12.2. The largest absolute Gasteiger partial charge is 1.00 e. The van der Waals surface area contributed by atoms with Crippen LogP contribution in [-0.4, -0.2) is 18.8 Å². The van der Waals surface area contributed by atoms with Gasteiger partial charge in [-0.25, -0.2) is 8.42 Å². The van der Waals surface area contributed by atoms with Gasteiger partial charge in [0.2, 0.25) is 0 Å². The summed E-state index contributed by atoms with van der Waals surface area (Å²) in [7, 11) is -4.58. The van der Waals surface area contributed by atoms with Crippen molar-refractivity contribution in [1.29, 1.82) is 0 Å². The van der Waals surface area contributed by atoms with Crippen LogP contribution in [0.1, 0.15) is 83.6 Å². The van der Waals surface area contributed by atoms with E-state index in [-0.39, 0.29) is 34.5 Å². The number of aryl methyl sites for hydroxylation is 1. The first-order valence-electron chi connectivity index (χ1n) is 12.3. The molecule has 0 aliphatic heterocycles. The van der Waals surface area contributed by atoms with Crippen LogP contribution in [0.25, 0.3) is 0 Å². The zero-order valence-corrected chi connectivity index (χ0v) is 24.2. The molecule has 0 fully saturated rings. The average molecular weight is 509 g/mol. The molecule has 7 nitrogen and oxygen atoms in total. The molecule has 0 radical (unpaired) electrons. The second-order valence-corrected chi connectivity index (χ2v) is 9.86. The third-order valence-corrected chi connectivity index (χ3v) is 6.47. The quantitative estimate of drug-likeness (QED) is 0.0722. The van der Waals surface area contributed by atoms with E-state index >= 15 is 0 Å². The van der Waals surface area contributed by atoms with Crippen molar-refractivity contribution < 1.29 is 42.5 Å². The molecule has 1 N–H and O–H groups in total. The summed E-state index contributed by atoms with van der Waals surface area (Å²) in [5.41, 5.74) is 4.43. The predicted molar refractivity (Wildman–Crippen MR) is 138 cm³/mol. The van der Waals surface area contributed by atoms with Crippen LogP contribution in [0.5, 0.6) is 0 Å². The van der Waals surface area contributed by atoms with E-state index in [0.29, 0.717) is 29.2 Å². The standard InChI is InChI=1S/C26H38N4O3S.Na/c1-3-4-5-6-7-8-9-10-11-13-16-23-19-20-25(21-26(23)34(31,32)33)30-28-22(2)27-29-24-17-14-12-15-18-24;/h12,14-15,17-21,30H,3-11,13,16H2,1-2H3,(H,31,32,33);/q;+1/p-1/b28-22+,29-27?;. The molecule has 0 bridgehead atoms. The number of hydrogen-bond acceptors (Lipinski definition) is 6. The molecule has 0 aliphatic rings. The molecule has 2 aromatic rings. The van der Waals surface area contributed by atoms with E-state index in [4.69, 9.17) is 0 Å². The molecule has 0 unspecified atom stereocenters. The monoisotopic (exact) mass is 508 g/mol.